The van der Waals surface area contributed by atoms with Gasteiger partial charge in [0, 0.05) is 17.3 Å². The number of halogens is 1. The van der Waals surface area contributed by atoms with Crippen molar-refractivity contribution in [2.75, 3.05) is 19.0 Å². The fourth-order valence-corrected chi connectivity index (χ4v) is 3.19. The number of fused-ring (bicyclic) bond motifs is 1. The number of pyridine rings is 1. The predicted octanol–water partition coefficient (Wildman–Crippen LogP) is 5.23. The summed E-state index contributed by atoms with van der Waals surface area (Å²) in [6, 6.07) is 11.6. The van der Waals surface area contributed by atoms with E-state index in [2.05, 4.69) is 26.2 Å². The summed E-state index contributed by atoms with van der Waals surface area (Å²) in [5.74, 6) is 0.244. The smallest absolute Gasteiger partial charge is 0.341 e. The van der Waals surface area contributed by atoms with Crippen molar-refractivity contribution < 1.29 is 14.3 Å². The molecule has 0 atom stereocenters. The summed E-state index contributed by atoms with van der Waals surface area (Å²) in [7, 11) is 1.60. The maximum absolute atomic E-state index is 12.5. The Morgan fingerprint density at radius 1 is 1.27 bits per heavy atom. The maximum atomic E-state index is 12.5. The third-order valence-corrected chi connectivity index (χ3v) is 4.66. The molecule has 1 N–H and O–H groups in total. The molecule has 3 rings (SSSR count). The minimum absolute atomic E-state index is 0.296. The lowest BCUT2D eigenvalue weighted by atomic mass is 10.1. The second-order valence-electron chi connectivity index (χ2n) is 5.71. The Balaban J connectivity index is 2.24. The average Bonchev–Trinajstić information content (AvgIpc) is 2.63. The molecular formula is C20H19BrN2O3. The first kappa shape index (κ1) is 18.2. The molecule has 2 aromatic carbocycles. The number of carbonyl (C=O) groups excluding carboxylic acids is 1. The van der Waals surface area contributed by atoms with Gasteiger partial charge in [-0.25, -0.2) is 4.79 Å². The Labute approximate surface area is 160 Å². The first-order valence-corrected chi connectivity index (χ1v) is 9.00. The van der Waals surface area contributed by atoms with E-state index >= 15 is 0 Å². The van der Waals surface area contributed by atoms with Crippen molar-refractivity contribution in [1.29, 1.82) is 0 Å². The molecule has 26 heavy (non-hydrogen) atoms. The summed E-state index contributed by atoms with van der Waals surface area (Å²) in [5, 5.41) is 4.16. The van der Waals surface area contributed by atoms with Gasteiger partial charge in [0.15, 0.2) is 0 Å². The van der Waals surface area contributed by atoms with Crippen LogP contribution >= 0.6 is 15.9 Å². The monoisotopic (exact) mass is 414 g/mol. The zero-order chi connectivity index (χ0) is 18.7. The minimum atomic E-state index is -0.417. The molecule has 0 saturated heterocycles. The van der Waals surface area contributed by atoms with E-state index in [0.29, 0.717) is 23.6 Å². The molecule has 0 amide bonds. The number of anilines is 2. The van der Waals surface area contributed by atoms with E-state index in [1.165, 1.54) is 0 Å². The zero-order valence-corrected chi connectivity index (χ0v) is 16.4. The number of aryl methyl sites for hydroxylation is 1. The third kappa shape index (κ3) is 3.51. The first-order chi connectivity index (χ1) is 12.5. The maximum Gasteiger partial charge on any atom is 0.341 e. The van der Waals surface area contributed by atoms with Gasteiger partial charge in [-0.1, -0.05) is 18.2 Å². The summed E-state index contributed by atoms with van der Waals surface area (Å²) in [6.45, 7) is 4.08. The number of carbonyl (C=O) groups is 1. The van der Waals surface area contributed by atoms with Crippen LogP contribution in [0.25, 0.3) is 10.9 Å². The molecule has 134 valence electrons. The van der Waals surface area contributed by atoms with E-state index < -0.39 is 5.97 Å². The Morgan fingerprint density at radius 3 is 2.73 bits per heavy atom. The summed E-state index contributed by atoms with van der Waals surface area (Å²) < 4.78 is 11.4. The quantitative estimate of drug-likeness (QED) is 0.578. The lowest BCUT2D eigenvalue weighted by molar-refractivity contribution is 0.0527. The average molecular weight is 415 g/mol. The Morgan fingerprint density at radius 2 is 2.04 bits per heavy atom. The highest BCUT2D eigenvalue weighted by Gasteiger charge is 2.19. The van der Waals surface area contributed by atoms with Crippen molar-refractivity contribution in [3.63, 3.8) is 0 Å². The van der Waals surface area contributed by atoms with Crippen LogP contribution in [0.5, 0.6) is 5.75 Å². The van der Waals surface area contributed by atoms with Gasteiger partial charge in [-0.05, 0) is 53.5 Å². The van der Waals surface area contributed by atoms with Gasteiger partial charge in [0.1, 0.15) is 11.3 Å². The number of nitrogens with one attached hydrogen (secondary N) is 1. The molecule has 5 nitrogen and oxygen atoms in total. The zero-order valence-electron chi connectivity index (χ0n) is 14.8. The molecule has 0 aliphatic rings. The molecule has 0 unspecified atom stereocenters. The van der Waals surface area contributed by atoms with Gasteiger partial charge in [-0.3, -0.25) is 4.98 Å². The van der Waals surface area contributed by atoms with Crippen LogP contribution in [0.1, 0.15) is 22.8 Å². The largest absolute Gasteiger partial charge is 0.496 e. The van der Waals surface area contributed by atoms with Gasteiger partial charge in [0.2, 0.25) is 0 Å². The lowest BCUT2D eigenvalue weighted by Crippen LogP contribution is -2.09. The molecule has 3 aromatic rings. The Kier molecular flexibility index (Phi) is 5.42. The highest BCUT2D eigenvalue weighted by molar-refractivity contribution is 9.10. The van der Waals surface area contributed by atoms with Crippen LogP contribution in [-0.2, 0) is 4.74 Å². The second kappa shape index (κ2) is 7.74. The van der Waals surface area contributed by atoms with Crippen LogP contribution in [0.15, 0.2) is 47.1 Å². The number of ether oxygens (including phenoxy) is 2. The normalized spacial score (nSPS) is 10.6. The van der Waals surface area contributed by atoms with Gasteiger partial charge in [0.05, 0.1) is 29.4 Å². The van der Waals surface area contributed by atoms with E-state index in [1.807, 2.05) is 43.3 Å². The van der Waals surface area contributed by atoms with E-state index in [1.54, 1.807) is 20.2 Å². The molecule has 0 fully saturated rings. The standard InChI is InChI=1S/C20H19BrN2O3/c1-4-26-20(24)14-11-22-17-10-15(21)18(25-3)9-13(17)19(14)23-16-8-6-5-7-12(16)2/h5-11H,4H2,1-3H3,(H,22,23). The van der Waals surface area contributed by atoms with E-state index in [4.69, 9.17) is 9.47 Å². The van der Waals surface area contributed by atoms with E-state index in [-0.39, 0.29) is 0 Å². The third-order valence-electron chi connectivity index (χ3n) is 4.04. The van der Waals surface area contributed by atoms with Crippen molar-refractivity contribution in [3.05, 3.63) is 58.2 Å². The van der Waals surface area contributed by atoms with Crippen LogP contribution < -0.4 is 10.1 Å². The van der Waals surface area contributed by atoms with Crippen molar-refractivity contribution in [2.24, 2.45) is 0 Å². The highest BCUT2D eigenvalue weighted by atomic mass is 79.9. The topological polar surface area (TPSA) is 60.5 Å². The molecule has 0 aliphatic carbocycles. The van der Waals surface area contributed by atoms with Crippen LogP contribution in [0.3, 0.4) is 0 Å². The summed E-state index contributed by atoms with van der Waals surface area (Å²) >= 11 is 3.48. The molecule has 0 bridgehead atoms. The van der Waals surface area contributed by atoms with Gasteiger partial charge in [-0.2, -0.15) is 0 Å². The molecule has 1 aromatic heterocycles. The number of hydrogen-bond acceptors (Lipinski definition) is 5. The van der Waals surface area contributed by atoms with Crippen LogP contribution in [-0.4, -0.2) is 24.7 Å². The van der Waals surface area contributed by atoms with Gasteiger partial charge in [0.25, 0.3) is 0 Å². The van der Waals surface area contributed by atoms with Crippen LogP contribution in [0.2, 0.25) is 0 Å². The lowest BCUT2D eigenvalue weighted by Gasteiger charge is -2.16. The minimum Gasteiger partial charge on any atom is -0.496 e. The number of esters is 1. The van der Waals surface area contributed by atoms with Gasteiger partial charge >= 0.3 is 5.97 Å². The highest BCUT2D eigenvalue weighted by Crippen LogP contribution is 2.36. The summed E-state index contributed by atoms with van der Waals surface area (Å²) in [5.41, 5.74) is 3.74. The molecule has 0 saturated carbocycles. The second-order valence-corrected chi connectivity index (χ2v) is 6.57. The number of benzene rings is 2. The van der Waals surface area contributed by atoms with E-state index in [0.717, 1.165) is 26.6 Å². The molecule has 1 heterocycles. The summed E-state index contributed by atoms with van der Waals surface area (Å²) in [6.07, 6.45) is 1.54. The fourth-order valence-electron chi connectivity index (χ4n) is 2.70. The number of para-hydroxylation sites is 1. The van der Waals surface area contributed by atoms with Crippen LogP contribution in [0, 0.1) is 6.92 Å². The fraction of sp³-hybridized carbons (Fsp3) is 0.200. The number of nitrogens with zero attached hydrogens (tertiary/aromatic N) is 1. The molecule has 0 radical (unpaired) electrons. The molecular weight excluding hydrogens is 396 g/mol. The van der Waals surface area contributed by atoms with Crippen molar-refractivity contribution >= 4 is 44.2 Å². The molecule has 0 spiro atoms. The van der Waals surface area contributed by atoms with Crippen molar-refractivity contribution in [1.82, 2.24) is 4.98 Å². The molecule has 0 aliphatic heterocycles. The number of hydrogen-bond donors (Lipinski definition) is 1. The SMILES string of the molecule is CCOC(=O)c1cnc2cc(Br)c(OC)cc2c1Nc1ccccc1C. The molecule has 6 heteroatoms. The number of rotatable bonds is 5. The Hall–Kier alpha value is -2.60. The van der Waals surface area contributed by atoms with Crippen LogP contribution in [0.4, 0.5) is 11.4 Å². The van der Waals surface area contributed by atoms with Crippen molar-refractivity contribution in [3.8, 4) is 5.75 Å². The van der Waals surface area contributed by atoms with Crippen molar-refractivity contribution in [2.45, 2.75) is 13.8 Å². The number of methoxy groups -OCH3 is 1. The van der Waals surface area contributed by atoms with Gasteiger partial charge in [-0.15, -0.1) is 0 Å². The summed E-state index contributed by atoms with van der Waals surface area (Å²) in [4.78, 5) is 16.9. The first-order valence-electron chi connectivity index (χ1n) is 8.21. The predicted molar refractivity (Wildman–Crippen MR) is 106 cm³/mol. The van der Waals surface area contributed by atoms with E-state index in [9.17, 15) is 4.79 Å². The Bertz CT molecular complexity index is 973. The van der Waals surface area contributed by atoms with Gasteiger partial charge < -0.3 is 14.8 Å². The number of aromatic nitrogens is 1.